The van der Waals surface area contributed by atoms with Crippen LogP contribution in [0.3, 0.4) is 0 Å². The van der Waals surface area contributed by atoms with Crippen molar-refractivity contribution in [3.05, 3.63) is 47.7 Å². The number of nitrogens with zero attached hydrogens (tertiary/aromatic N) is 4. The first-order valence-corrected chi connectivity index (χ1v) is 17.8. The van der Waals surface area contributed by atoms with Crippen LogP contribution in [0, 0.1) is 0 Å². The Morgan fingerprint density at radius 2 is 1.48 bits per heavy atom. The number of aromatic nitrogens is 3. The number of alkyl carbamates (subject to hydrolysis) is 1. The predicted octanol–water partition coefficient (Wildman–Crippen LogP) is 2.69. The molecule has 0 spiro atoms. The molecule has 0 aliphatic rings. The lowest BCUT2D eigenvalue weighted by molar-refractivity contribution is -0.753. The molecule has 0 aliphatic carbocycles. The van der Waals surface area contributed by atoms with E-state index in [0.29, 0.717) is 25.3 Å². The number of carboxylic acid groups (broad SMARTS) is 1. The predicted molar refractivity (Wildman–Crippen MR) is 197 cm³/mol. The minimum absolute atomic E-state index is 0. The van der Waals surface area contributed by atoms with Crippen LogP contribution in [0.5, 0.6) is 5.75 Å². The van der Waals surface area contributed by atoms with Crippen LogP contribution in [0.1, 0.15) is 81.4 Å². The number of esters is 1. The minimum Gasteiger partial charge on any atom is -1.00 e. The van der Waals surface area contributed by atoms with Gasteiger partial charge >= 0.3 is 24.1 Å². The molecule has 0 aliphatic heterocycles. The summed E-state index contributed by atoms with van der Waals surface area (Å²) in [7, 11) is 1.92. The molecule has 18 heteroatoms. The van der Waals surface area contributed by atoms with E-state index in [9.17, 15) is 24.3 Å². The SMILES string of the molecule is C[n+]1cc(-c2ccc(OCC(C)(ON=C(C(=O)O)c3csc(NC(=O)OC(C)(C)C)n3)C(=O)OC(C)(C)C)cc2)cn1CCCNC(=O)OC(C)(C)C.[I-]. The summed E-state index contributed by atoms with van der Waals surface area (Å²) in [6, 6.07) is 7.17. The van der Waals surface area contributed by atoms with Crippen molar-refractivity contribution in [2.75, 3.05) is 18.5 Å². The van der Waals surface area contributed by atoms with Crippen LogP contribution < -0.4 is 44.0 Å². The van der Waals surface area contributed by atoms with E-state index >= 15 is 0 Å². The van der Waals surface area contributed by atoms with Gasteiger partial charge in [0.25, 0.3) is 5.60 Å². The van der Waals surface area contributed by atoms with E-state index in [1.165, 1.54) is 12.3 Å². The molecule has 16 nitrogen and oxygen atoms in total. The van der Waals surface area contributed by atoms with Gasteiger partial charge in [-0.05, 0) is 93.4 Å². The molecule has 3 N–H and O–H groups in total. The van der Waals surface area contributed by atoms with Gasteiger partial charge < -0.3 is 58.2 Å². The quantitative estimate of drug-likeness (QED) is 0.0410. The number of aliphatic carboxylic acids is 1. The van der Waals surface area contributed by atoms with Gasteiger partial charge in [0, 0.05) is 11.9 Å². The average molecular weight is 887 g/mol. The molecule has 1 unspecified atom stereocenters. The number of ether oxygens (including phenoxy) is 4. The number of benzene rings is 1. The summed E-state index contributed by atoms with van der Waals surface area (Å²) in [5.41, 5.74) is -2.97. The number of hydrogen-bond acceptors (Lipinski definition) is 12. The maximum atomic E-state index is 13.4. The molecule has 0 saturated heterocycles. The number of amides is 2. The molecule has 298 valence electrons. The second-order valence-corrected chi connectivity index (χ2v) is 16.1. The molecule has 3 aromatic rings. The van der Waals surface area contributed by atoms with Gasteiger partial charge in [-0.25, -0.2) is 24.2 Å². The van der Waals surface area contributed by atoms with Crippen molar-refractivity contribution in [2.45, 2.75) is 105 Å². The number of thiazole rings is 1. The lowest BCUT2D eigenvalue weighted by atomic mass is 10.1. The molecule has 2 amide bonds. The Hall–Kier alpha value is -4.46. The van der Waals surface area contributed by atoms with E-state index in [1.54, 1.807) is 53.7 Å². The third-order valence-corrected chi connectivity index (χ3v) is 7.44. The third-order valence-electron chi connectivity index (χ3n) is 6.68. The molecule has 3 rings (SSSR count). The molecule has 2 aromatic heterocycles. The van der Waals surface area contributed by atoms with Crippen molar-refractivity contribution in [3.8, 4) is 16.9 Å². The van der Waals surface area contributed by atoms with Gasteiger partial charge in [-0.2, -0.15) is 4.68 Å². The minimum atomic E-state index is -1.89. The highest BCUT2D eigenvalue weighted by Crippen LogP contribution is 2.25. The van der Waals surface area contributed by atoms with Gasteiger partial charge in [-0.15, -0.1) is 16.0 Å². The number of rotatable bonds is 14. The highest BCUT2D eigenvalue weighted by Gasteiger charge is 2.42. The molecule has 1 atom stereocenters. The topological polar surface area (TPSA) is 193 Å². The van der Waals surface area contributed by atoms with Crippen molar-refractivity contribution in [1.82, 2.24) is 15.0 Å². The van der Waals surface area contributed by atoms with Gasteiger partial charge in [0.05, 0.1) is 18.3 Å². The smallest absolute Gasteiger partial charge is 0.413 e. The van der Waals surface area contributed by atoms with Gasteiger partial charge in [0.15, 0.2) is 12.2 Å². The normalized spacial score (nSPS) is 13.1. The van der Waals surface area contributed by atoms with E-state index < -0.39 is 52.2 Å². The van der Waals surface area contributed by atoms with Gasteiger partial charge in [0.1, 0.15) is 34.9 Å². The molecule has 1 aromatic carbocycles. The van der Waals surface area contributed by atoms with Crippen LogP contribution in [0.4, 0.5) is 14.7 Å². The van der Waals surface area contributed by atoms with E-state index in [1.807, 2.05) is 61.7 Å². The number of nitrogens with one attached hydrogen (secondary N) is 2. The van der Waals surface area contributed by atoms with Crippen LogP contribution in [0.2, 0.25) is 0 Å². The first kappa shape index (κ1) is 45.7. The van der Waals surface area contributed by atoms with E-state index in [2.05, 4.69) is 20.8 Å². The molecule has 54 heavy (non-hydrogen) atoms. The number of carbonyl (C=O) groups is 4. The second-order valence-electron chi connectivity index (χ2n) is 15.3. The number of carbonyl (C=O) groups excluding carboxylic acids is 3. The number of halogens is 1. The van der Waals surface area contributed by atoms with Crippen molar-refractivity contribution < 1.29 is 76.7 Å². The Bertz CT molecular complexity index is 1790. The zero-order chi connectivity index (χ0) is 39.8. The van der Waals surface area contributed by atoms with Crippen LogP contribution >= 0.6 is 11.3 Å². The van der Waals surface area contributed by atoms with Crippen LogP contribution in [0.15, 0.2) is 47.2 Å². The van der Waals surface area contributed by atoms with Crippen LogP contribution in [-0.2, 0) is 42.2 Å². The van der Waals surface area contributed by atoms with E-state index in [-0.39, 0.29) is 41.4 Å². The van der Waals surface area contributed by atoms with E-state index in [4.69, 9.17) is 23.8 Å². The number of anilines is 1. The van der Waals surface area contributed by atoms with Gasteiger partial charge in [0.2, 0.25) is 11.9 Å². The first-order chi connectivity index (χ1) is 24.4. The summed E-state index contributed by atoms with van der Waals surface area (Å²) in [6.07, 6.45) is 3.45. The Kier molecular flexibility index (Phi) is 15.8. The van der Waals surface area contributed by atoms with Crippen LogP contribution in [0.25, 0.3) is 11.1 Å². The molecular formula is C36H51IN6O10S. The number of oxime groups is 1. The van der Waals surface area contributed by atoms with E-state index in [0.717, 1.165) is 22.5 Å². The summed E-state index contributed by atoms with van der Waals surface area (Å²) >= 11 is 0.953. The Balaban J connectivity index is 0.0000101. The van der Waals surface area contributed by atoms with Crippen molar-refractivity contribution >= 4 is 46.3 Å². The van der Waals surface area contributed by atoms with Crippen LogP contribution in [-0.4, -0.2) is 80.2 Å². The van der Waals surface area contributed by atoms with Crippen molar-refractivity contribution in [2.24, 2.45) is 12.2 Å². The Labute approximate surface area is 336 Å². The molecule has 2 heterocycles. The lowest BCUT2D eigenvalue weighted by Crippen LogP contribution is -3.00. The zero-order valence-electron chi connectivity index (χ0n) is 32.6. The lowest BCUT2D eigenvalue weighted by Gasteiger charge is -2.29. The fraction of sp³-hybridized carbons (Fsp3) is 0.528. The molecule has 0 radical (unpaired) electrons. The zero-order valence-corrected chi connectivity index (χ0v) is 35.5. The molecule has 0 saturated carbocycles. The first-order valence-electron chi connectivity index (χ1n) is 16.9. The highest BCUT2D eigenvalue weighted by molar-refractivity contribution is 7.14. The number of carboxylic acids is 1. The fourth-order valence-electron chi connectivity index (χ4n) is 4.32. The summed E-state index contributed by atoms with van der Waals surface area (Å²) in [5, 5.41) is 20.4. The Morgan fingerprint density at radius 1 is 0.889 bits per heavy atom. The van der Waals surface area contributed by atoms with Crippen molar-refractivity contribution in [3.63, 3.8) is 0 Å². The summed E-state index contributed by atoms with van der Waals surface area (Å²) < 4.78 is 26.0. The summed E-state index contributed by atoms with van der Waals surface area (Å²) in [4.78, 5) is 59.3. The standard InChI is InChI=1S/C36H50N6O10S.HI/c1-33(2,3)49-29(45)36(10,52-40-27(28(43)44)26-21-53-30(38-26)39-32(47)51-35(7,8)9)22-48-25-15-13-23(14-16-25)24-19-41(11)42(20-24)18-12-17-37-31(46)50-34(4,5)6;/h13-16,19-21H,12,17-18,22H2,1-11H3,(H2-,37,38,39,43,44,46,47);1H. The highest BCUT2D eigenvalue weighted by atomic mass is 127. The van der Waals surface area contributed by atoms with Crippen molar-refractivity contribution in [1.29, 1.82) is 0 Å². The summed E-state index contributed by atoms with van der Waals surface area (Å²) in [5.74, 6) is -1.92. The second kappa shape index (κ2) is 18.7. The largest absolute Gasteiger partial charge is 1.00 e. The third kappa shape index (κ3) is 15.1. The number of hydrogen-bond donors (Lipinski definition) is 3. The van der Waals surface area contributed by atoms with Gasteiger partial charge in [-0.3, -0.25) is 5.32 Å². The van der Waals surface area contributed by atoms with Gasteiger partial charge in [-0.1, -0.05) is 17.3 Å². The maximum absolute atomic E-state index is 13.4. The molecule has 0 fully saturated rings. The maximum Gasteiger partial charge on any atom is 0.413 e. The molecular weight excluding hydrogens is 835 g/mol. The molecule has 0 bridgehead atoms. The average Bonchev–Trinajstić information content (AvgIpc) is 3.61. The monoisotopic (exact) mass is 886 g/mol. The Morgan fingerprint density at radius 3 is 2.06 bits per heavy atom. The summed E-state index contributed by atoms with van der Waals surface area (Å²) in [6.45, 7) is 17.7. The number of aryl methyl sites for hydroxylation is 2. The fourth-order valence-corrected chi connectivity index (χ4v) is 5.00.